The van der Waals surface area contributed by atoms with E-state index < -0.39 is 0 Å². The number of carbonyl (C=O) groups excluding carboxylic acids is 1. The van der Waals surface area contributed by atoms with Gasteiger partial charge in [-0.2, -0.15) is 4.98 Å². The lowest BCUT2D eigenvalue weighted by Gasteiger charge is -2.30. The Bertz CT molecular complexity index is 844. The summed E-state index contributed by atoms with van der Waals surface area (Å²) in [5, 5.41) is 7.81. The molecular weight excluding hydrogens is 320 g/mol. The second-order valence-corrected chi connectivity index (χ2v) is 6.35. The number of rotatable bonds is 3. The number of hydrogen-bond acceptors (Lipinski definition) is 5. The third-order valence-electron chi connectivity index (χ3n) is 4.57. The van der Waals surface area contributed by atoms with Gasteiger partial charge < -0.3 is 19.2 Å². The molecule has 25 heavy (non-hydrogen) atoms. The van der Waals surface area contributed by atoms with Crippen LogP contribution in [0.25, 0.3) is 11.0 Å². The van der Waals surface area contributed by atoms with Crippen molar-refractivity contribution in [2.75, 3.05) is 13.1 Å². The average Bonchev–Trinajstić information content (AvgIpc) is 3.25. The molecule has 0 bridgehead atoms. The molecule has 1 aromatic carbocycles. The smallest absolute Gasteiger partial charge is 0.317 e. The number of fused-ring (bicyclic) bond motifs is 1. The number of likely N-dealkylation sites (tertiary alicyclic amines) is 1. The van der Waals surface area contributed by atoms with Gasteiger partial charge in [0.25, 0.3) is 0 Å². The largest absolute Gasteiger partial charge is 0.459 e. The fourth-order valence-corrected chi connectivity index (χ4v) is 3.21. The molecule has 3 aromatic rings. The molecule has 1 fully saturated rings. The van der Waals surface area contributed by atoms with E-state index in [9.17, 15) is 4.79 Å². The van der Waals surface area contributed by atoms with Crippen LogP contribution >= 0.6 is 0 Å². The first-order valence-corrected chi connectivity index (χ1v) is 8.49. The highest BCUT2D eigenvalue weighted by Crippen LogP contribution is 2.26. The van der Waals surface area contributed by atoms with Crippen LogP contribution in [-0.4, -0.2) is 34.2 Å². The van der Waals surface area contributed by atoms with Crippen LogP contribution in [0.1, 0.15) is 36.2 Å². The van der Waals surface area contributed by atoms with Crippen molar-refractivity contribution in [1.82, 2.24) is 20.4 Å². The van der Waals surface area contributed by atoms with Crippen molar-refractivity contribution in [1.29, 1.82) is 0 Å². The molecular formula is C18H20N4O3. The molecule has 0 spiro atoms. The zero-order valence-electron chi connectivity index (χ0n) is 14.1. The van der Waals surface area contributed by atoms with Gasteiger partial charge in [0.05, 0.1) is 6.54 Å². The Labute approximate surface area is 145 Å². The number of aryl methyl sites for hydroxylation is 1. The summed E-state index contributed by atoms with van der Waals surface area (Å²) >= 11 is 0. The summed E-state index contributed by atoms with van der Waals surface area (Å²) in [4.78, 5) is 18.5. The van der Waals surface area contributed by atoms with Crippen LogP contribution < -0.4 is 5.32 Å². The molecule has 1 aliphatic rings. The van der Waals surface area contributed by atoms with E-state index in [2.05, 4.69) is 15.5 Å². The van der Waals surface area contributed by atoms with E-state index in [1.807, 2.05) is 42.2 Å². The quantitative estimate of drug-likeness (QED) is 0.791. The van der Waals surface area contributed by atoms with Crippen molar-refractivity contribution in [2.24, 2.45) is 0 Å². The van der Waals surface area contributed by atoms with Crippen LogP contribution in [-0.2, 0) is 6.54 Å². The van der Waals surface area contributed by atoms with E-state index in [1.54, 1.807) is 0 Å². The summed E-state index contributed by atoms with van der Waals surface area (Å²) in [5.41, 5.74) is 0.836. The average molecular weight is 340 g/mol. The standard InChI is InChI=1S/C18H20N4O3/c1-12-20-17(25-21-12)13-6-8-22(9-7-13)18(23)19-11-15-10-14-4-2-3-5-16(14)24-15/h2-5,10,13H,6-9,11H2,1H3,(H,19,23). The van der Waals surface area contributed by atoms with Crippen molar-refractivity contribution < 1.29 is 13.7 Å². The van der Waals surface area contributed by atoms with E-state index in [4.69, 9.17) is 8.94 Å². The molecule has 7 nitrogen and oxygen atoms in total. The Morgan fingerprint density at radius 3 is 2.84 bits per heavy atom. The van der Waals surface area contributed by atoms with Gasteiger partial charge in [-0.05, 0) is 31.9 Å². The minimum absolute atomic E-state index is 0.0689. The van der Waals surface area contributed by atoms with Crippen LogP contribution in [0.4, 0.5) is 4.79 Å². The molecule has 0 atom stereocenters. The van der Waals surface area contributed by atoms with Crippen molar-refractivity contribution in [3.05, 3.63) is 47.8 Å². The Kier molecular flexibility index (Phi) is 4.13. The first-order chi connectivity index (χ1) is 12.2. The third-order valence-corrected chi connectivity index (χ3v) is 4.57. The van der Waals surface area contributed by atoms with Gasteiger partial charge in [-0.1, -0.05) is 23.4 Å². The van der Waals surface area contributed by atoms with Gasteiger partial charge >= 0.3 is 6.03 Å². The van der Waals surface area contributed by atoms with Crippen LogP contribution in [0.15, 0.2) is 39.3 Å². The Morgan fingerprint density at radius 1 is 1.32 bits per heavy atom. The van der Waals surface area contributed by atoms with Gasteiger partial charge in [-0.3, -0.25) is 0 Å². The number of urea groups is 1. The Morgan fingerprint density at radius 2 is 2.12 bits per heavy atom. The number of hydrogen-bond donors (Lipinski definition) is 1. The molecule has 0 saturated carbocycles. The first kappa shape index (κ1) is 15.7. The predicted molar refractivity (Wildman–Crippen MR) is 91.0 cm³/mol. The normalized spacial score (nSPS) is 15.6. The molecule has 0 unspecified atom stereocenters. The van der Waals surface area contributed by atoms with Crippen LogP contribution in [0.3, 0.4) is 0 Å². The molecule has 1 saturated heterocycles. The molecule has 7 heteroatoms. The van der Waals surface area contributed by atoms with Gasteiger partial charge in [0.2, 0.25) is 5.89 Å². The lowest BCUT2D eigenvalue weighted by Crippen LogP contribution is -2.43. The van der Waals surface area contributed by atoms with Crippen molar-refractivity contribution in [2.45, 2.75) is 32.2 Å². The molecule has 3 heterocycles. The predicted octanol–water partition coefficient (Wildman–Crippen LogP) is 3.21. The molecule has 0 aliphatic carbocycles. The SMILES string of the molecule is Cc1noc(C2CCN(C(=O)NCc3cc4ccccc4o3)CC2)n1. The molecule has 1 aliphatic heterocycles. The van der Waals surface area contributed by atoms with Crippen molar-refractivity contribution >= 4 is 17.0 Å². The summed E-state index contributed by atoms with van der Waals surface area (Å²) in [7, 11) is 0. The van der Waals surface area contributed by atoms with E-state index in [-0.39, 0.29) is 11.9 Å². The fourth-order valence-electron chi connectivity index (χ4n) is 3.21. The molecule has 1 N–H and O–H groups in total. The van der Waals surface area contributed by atoms with Crippen LogP contribution in [0, 0.1) is 6.92 Å². The van der Waals surface area contributed by atoms with Crippen molar-refractivity contribution in [3.63, 3.8) is 0 Å². The maximum atomic E-state index is 12.4. The highest BCUT2D eigenvalue weighted by Gasteiger charge is 2.27. The lowest BCUT2D eigenvalue weighted by molar-refractivity contribution is 0.174. The van der Waals surface area contributed by atoms with Gasteiger partial charge in [0.1, 0.15) is 11.3 Å². The van der Waals surface area contributed by atoms with Crippen LogP contribution in [0.2, 0.25) is 0 Å². The molecule has 130 valence electrons. The number of benzene rings is 1. The Balaban J connectivity index is 1.30. The van der Waals surface area contributed by atoms with Gasteiger partial charge in [0.15, 0.2) is 5.82 Å². The number of para-hydroxylation sites is 1. The zero-order chi connectivity index (χ0) is 17.2. The summed E-state index contributed by atoms with van der Waals surface area (Å²) in [6.07, 6.45) is 1.67. The second kappa shape index (κ2) is 6.58. The van der Waals surface area contributed by atoms with E-state index in [1.165, 1.54) is 0 Å². The maximum absolute atomic E-state index is 12.4. The monoisotopic (exact) mass is 340 g/mol. The number of furan rings is 1. The molecule has 2 aromatic heterocycles. The number of nitrogens with zero attached hydrogens (tertiary/aromatic N) is 3. The summed E-state index contributed by atoms with van der Waals surface area (Å²) in [5.74, 6) is 2.33. The number of aromatic nitrogens is 2. The van der Waals surface area contributed by atoms with Gasteiger partial charge in [-0.15, -0.1) is 0 Å². The molecule has 4 rings (SSSR count). The topological polar surface area (TPSA) is 84.4 Å². The minimum atomic E-state index is -0.0689. The summed E-state index contributed by atoms with van der Waals surface area (Å²) in [6, 6.07) is 9.71. The van der Waals surface area contributed by atoms with E-state index in [0.717, 1.165) is 29.6 Å². The first-order valence-electron chi connectivity index (χ1n) is 8.49. The summed E-state index contributed by atoms with van der Waals surface area (Å²) in [6.45, 7) is 3.56. The highest BCUT2D eigenvalue weighted by molar-refractivity contribution is 5.78. The van der Waals surface area contributed by atoms with E-state index >= 15 is 0 Å². The fraction of sp³-hybridized carbons (Fsp3) is 0.389. The van der Waals surface area contributed by atoms with E-state index in [0.29, 0.717) is 31.3 Å². The molecule has 2 amide bonds. The molecule has 0 radical (unpaired) electrons. The van der Waals surface area contributed by atoms with Crippen molar-refractivity contribution in [3.8, 4) is 0 Å². The van der Waals surface area contributed by atoms with Gasteiger partial charge in [0, 0.05) is 24.4 Å². The highest BCUT2D eigenvalue weighted by atomic mass is 16.5. The third kappa shape index (κ3) is 3.35. The second-order valence-electron chi connectivity index (χ2n) is 6.35. The number of nitrogens with one attached hydrogen (secondary N) is 1. The lowest BCUT2D eigenvalue weighted by atomic mass is 9.97. The number of carbonyl (C=O) groups is 1. The Hall–Kier alpha value is -2.83. The van der Waals surface area contributed by atoms with Crippen LogP contribution in [0.5, 0.6) is 0 Å². The number of piperidine rings is 1. The summed E-state index contributed by atoms with van der Waals surface area (Å²) < 4.78 is 11.0. The van der Waals surface area contributed by atoms with Gasteiger partial charge in [-0.25, -0.2) is 4.79 Å². The zero-order valence-corrected chi connectivity index (χ0v) is 14.1. The number of amides is 2. The maximum Gasteiger partial charge on any atom is 0.317 e. The minimum Gasteiger partial charge on any atom is -0.459 e.